The van der Waals surface area contributed by atoms with E-state index in [1.165, 1.54) is 18.7 Å². The van der Waals surface area contributed by atoms with Gasteiger partial charge in [0.2, 0.25) is 5.91 Å². The average Bonchev–Trinajstić information content (AvgIpc) is 2.53. The molecule has 0 spiro atoms. The van der Waals surface area contributed by atoms with Crippen LogP contribution in [0.5, 0.6) is 0 Å². The lowest BCUT2D eigenvalue weighted by atomic mass is 10.2. The Hall–Kier alpha value is -2.06. The van der Waals surface area contributed by atoms with Crippen LogP contribution in [0.2, 0.25) is 0 Å². The summed E-state index contributed by atoms with van der Waals surface area (Å²) < 4.78 is 4.84. The van der Waals surface area contributed by atoms with Gasteiger partial charge in [0, 0.05) is 18.6 Å². The molecule has 0 aromatic heterocycles. The first-order chi connectivity index (χ1) is 11.0. The summed E-state index contributed by atoms with van der Waals surface area (Å²) in [5, 5.41) is 13.9. The molecule has 0 saturated carbocycles. The second-order valence-corrected chi connectivity index (χ2v) is 5.68. The number of carbonyl (C=O) groups is 3. The fraction of sp³-hybridized carbons (Fsp3) is 0.400. The molecule has 8 heteroatoms. The highest BCUT2D eigenvalue weighted by molar-refractivity contribution is 8.00. The summed E-state index contributed by atoms with van der Waals surface area (Å²) >= 11 is 1.22. The predicted octanol–water partition coefficient (Wildman–Crippen LogP) is 0.744. The Labute approximate surface area is 138 Å². The quantitative estimate of drug-likeness (QED) is 0.452. The molecule has 1 aromatic carbocycles. The molecule has 1 rings (SSSR count). The number of carboxylic acid groups (broad SMARTS) is 1. The van der Waals surface area contributed by atoms with E-state index >= 15 is 0 Å². The first-order valence-corrected chi connectivity index (χ1v) is 7.95. The van der Waals surface area contributed by atoms with Gasteiger partial charge in [-0.25, -0.2) is 0 Å². The number of methoxy groups -OCH3 is 1. The fourth-order valence-corrected chi connectivity index (χ4v) is 2.48. The molecular weight excluding hydrogens is 320 g/mol. The van der Waals surface area contributed by atoms with Crippen molar-refractivity contribution in [3.05, 3.63) is 29.8 Å². The van der Waals surface area contributed by atoms with E-state index in [4.69, 9.17) is 9.84 Å². The molecule has 126 valence electrons. The summed E-state index contributed by atoms with van der Waals surface area (Å²) in [7, 11) is 1.55. The van der Waals surface area contributed by atoms with Crippen LogP contribution in [-0.2, 0) is 14.3 Å². The standard InChI is InChI=1S/C15H20N2O5S/c1-10(15(20)21)17-14(19)11-5-3-4-6-12(11)23-9-13(18)16-7-8-22-2/h3-6,10H,7-9H2,1-2H3,(H,16,18)(H,17,19)(H,20,21)/t10-/m0/s1. The van der Waals surface area contributed by atoms with E-state index in [9.17, 15) is 14.4 Å². The molecule has 0 saturated heterocycles. The molecule has 0 aliphatic rings. The zero-order valence-corrected chi connectivity index (χ0v) is 13.8. The molecule has 2 amide bonds. The number of thioether (sulfide) groups is 1. The van der Waals surface area contributed by atoms with Crippen molar-refractivity contribution in [1.82, 2.24) is 10.6 Å². The van der Waals surface area contributed by atoms with Crippen LogP contribution in [0.25, 0.3) is 0 Å². The van der Waals surface area contributed by atoms with Crippen molar-refractivity contribution < 1.29 is 24.2 Å². The Morgan fingerprint density at radius 3 is 2.65 bits per heavy atom. The van der Waals surface area contributed by atoms with Gasteiger partial charge in [0.15, 0.2) is 0 Å². The van der Waals surface area contributed by atoms with E-state index in [1.807, 2.05) is 0 Å². The maximum absolute atomic E-state index is 12.1. The normalized spacial score (nSPS) is 11.6. The molecular formula is C15H20N2O5S. The summed E-state index contributed by atoms with van der Waals surface area (Å²) in [6, 6.07) is 5.76. The minimum atomic E-state index is -1.11. The Morgan fingerprint density at radius 1 is 1.30 bits per heavy atom. The van der Waals surface area contributed by atoms with Crippen LogP contribution < -0.4 is 10.6 Å². The molecule has 23 heavy (non-hydrogen) atoms. The van der Waals surface area contributed by atoms with Gasteiger partial charge in [-0.15, -0.1) is 11.8 Å². The molecule has 0 aliphatic carbocycles. The molecule has 0 heterocycles. The third-order valence-corrected chi connectivity index (χ3v) is 3.91. The van der Waals surface area contributed by atoms with Crippen molar-refractivity contribution in [2.24, 2.45) is 0 Å². The van der Waals surface area contributed by atoms with Gasteiger partial charge < -0.3 is 20.5 Å². The van der Waals surface area contributed by atoms with Crippen LogP contribution in [0.1, 0.15) is 17.3 Å². The Bertz CT molecular complexity index is 565. The van der Waals surface area contributed by atoms with Gasteiger partial charge in [-0.2, -0.15) is 0 Å². The second-order valence-electron chi connectivity index (χ2n) is 4.66. The van der Waals surface area contributed by atoms with E-state index in [0.717, 1.165) is 0 Å². The SMILES string of the molecule is COCCNC(=O)CSc1ccccc1C(=O)N[C@@H](C)C(=O)O. The van der Waals surface area contributed by atoms with Crippen LogP contribution in [0.3, 0.4) is 0 Å². The topological polar surface area (TPSA) is 105 Å². The summed E-state index contributed by atoms with van der Waals surface area (Å²) in [4.78, 5) is 35.2. The van der Waals surface area contributed by atoms with Gasteiger partial charge in [-0.1, -0.05) is 12.1 Å². The molecule has 3 N–H and O–H groups in total. The van der Waals surface area contributed by atoms with Gasteiger partial charge in [0.1, 0.15) is 6.04 Å². The molecule has 0 bridgehead atoms. The molecule has 0 unspecified atom stereocenters. The maximum atomic E-state index is 12.1. The lowest BCUT2D eigenvalue weighted by Gasteiger charge is -2.12. The number of aliphatic carboxylic acids is 1. The summed E-state index contributed by atoms with van der Waals surface area (Å²) in [6.07, 6.45) is 0. The van der Waals surface area contributed by atoms with Gasteiger partial charge >= 0.3 is 5.97 Å². The number of rotatable bonds is 9. The molecule has 1 atom stereocenters. The zero-order valence-electron chi connectivity index (χ0n) is 13.0. The molecule has 1 aromatic rings. The highest BCUT2D eigenvalue weighted by Gasteiger charge is 2.18. The Balaban J connectivity index is 2.65. The van der Waals surface area contributed by atoms with Crippen molar-refractivity contribution in [2.45, 2.75) is 17.9 Å². The van der Waals surface area contributed by atoms with E-state index in [2.05, 4.69) is 10.6 Å². The van der Waals surface area contributed by atoms with Crippen molar-refractivity contribution in [1.29, 1.82) is 0 Å². The number of amides is 2. The summed E-state index contributed by atoms with van der Waals surface area (Å²) in [5.41, 5.74) is 0.343. The van der Waals surface area contributed by atoms with E-state index in [1.54, 1.807) is 31.4 Å². The molecule has 7 nitrogen and oxygen atoms in total. The highest BCUT2D eigenvalue weighted by atomic mass is 32.2. The largest absolute Gasteiger partial charge is 0.480 e. The molecule has 0 fully saturated rings. The van der Waals surface area contributed by atoms with E-state index in [-0.39, 0.29) is 11.7 Å². The number of hydrogen-bond acceptors (Lipinski definition) is 5. The van der Waals surface area contributed by atoms with Crippen LogP contribution >= 0.6 is 11.8 Å². The van der Waals surface area contributed by atoms with Crippen LogP contribution in [0.4, 0.5) is 0 Å². The lowest BCUT2D eigenvalue weighted by Crippen LogP contribution is -2.38. The van der Waals surface area contributed by atoms with Crippen LogP contribution in [-0.4, -0.2) is 54.9 Å². The number of benzene rings is 1. The third-order valence-electron chi connectivity index (χ3n) is 2.84. The fourth-order valence-electron chi connectivity index (χ4n) is 1.60. The smallest absolute Gasteiger partial charge is 0.325 e. The molecule has 0 radical (unpaired) electrons. The summed E-state index contributed by atoms with van der Waals surface area (Å²) in [5.74, 6) is -1.60. The Morgan fingerprint density at radius 2 is 2.00 bits per heavy atom. The van der Waals surface area contributed by atoms with Gasteiger partial charge in [-0.05, 0) is 19.1 Å². The highest BCUT2D eigenvalue weighted by Crippen LogP contribution is 2.22. The summed E-state index contributed by atoms with van der Waals surface area (Å²) in [6.45, 7) is 2.25. The minimum Gasteiger partial charge on any atom is -0.480 e. The van der Waals surface area contributed by atoms with Crippen molar-refractivity contribution >= 4 is 29.5 Å². The van der Waals surface area contributed by atoms with Crippen LogP contribution in [0.15, 0.2) is 29.2 Å². The van der Waals surface area contributed by atoms with Gasteiger partial charge in [0.25, 0.3) is 5.91 Å². The number of hydrogen-bond donors (Lipinski definition) is 3. The monoisotopic (exact) mass is 340 g/mol. The Kier molecular flexibility index (Phi) is 8.14. The average molecular weight is 340 g/mol. The van der Waals surface area contributed by atoms with Gasteiger partial charge in [-0.3, -0.25) is 14.4 Å². The predicted molar refractivity (Wildman–Crippen MR) is 86.6 cm³/mol. The third kappa shape index (κ3) is 6.70. The zero-order chi connectivity index (χ0) is 17.2. The first-order valence-electron chi connectivity index (χ1n) is 6.96. The van der Waals surface area contributed by atoms with Gasteiger partial charge in [0.05, 0.1) is 17.9 Å². The number of ether oxygens (including phenoxy) is 1. The number of carbonyl (C=O) groups excluding carboxylic acids is 2. The van der Waals surface area contributed by atoms with Crippen molar-refractivity contribution in [2.75, 3.05) is 26.0 Å². The maximum Gasteiger partial charge on any atom is 0.325 e. The van der Waals surface area contributed by atoms with E-state index in [0.29, 0.717) is 23.6 Å². The lowest BCUT2D eigenvalue weighted by molar-refractivity contribution is -0.138. The van der Waals surface area contributed by atoms with Crippen molar-refractivity contribution in [3.63, 3.8) is 0 Å². The van der Waals surface area contributed by atoms with Crippen LogP contribution in [0, 0.1) is 0 Å². The minimum absolute atomic E-state index is 0.155. The number of nitrogens with one attached hydrogen (secondary N) is 2. The number of carboxylic acids is 1. The second kappa shape index (κ2) is 9.86. The van der Waals surface area contributed by atoms with E-state index < -0.39 is 17.9 Å². The first kappa shape index (κ1) is 19.0. The van der Waals surface area contributed by atoms with Crippen molar-refractivity contribution in [3.8, 4) is 0 Å². The molecule has 0 aliphatic heterocycles.